The van der Waals surface area contributed by atoms with E-state index in [4.69, 9.17) is 11.6 Å². The topological polar surface area (TPSA) is 66.4 Å². The second kappa shape index (κ2) is 6.72. The maximum absolute atomic E-state index is 11.9. The molecule has 1 aliphatic rings. The molecule has 1 aromatic rings. The first kappa shape index (κ1) is 15.5. The summed E-state index contributed by atoms with van der Waals surface area (Å²) in [5.41, 5.74) is 0.754. The summed E-state index contributed by atoms with van der Waals surface area (Å²) in [7, 11) is -3.55. The van der Waals surface area contributed by atoms with Gasteiger partial charge in [0.1, 0.15) is 0 Å². The lowest BCUT2D eigenvalue weighted by Crippen LogP contribution is -2.44. The number of aliphatic hydroxyl groups excluding tert-OH is 1. The van der Waals surface area contributed by atoms with Gasteiger partial charge in [0.05, 0.1) is 6.10 Å². The Bertz CT molecular complexity index is 569. The van der Waals surface area contributed by atoms with Crippen molar-refractivity contribution < 1.29 is 13.5 Å². The smallest absolute Gasteiger partial charge is 0.234 e. The van der Waals surface area contributed by atoms with Gasteiger partial charge in [-0.2, -0.15) is 0 Å². The van der Waals surface area contributed by atoms with Gasteiger partial charge in [-0.05, 0) is 36.6 Å². The van der Waals surface area contributed by atoms with Crippen LogP contribution >= 0.6 is 11.6 Å². The highest BCUT2D eigenvalue weighted by Crippen LogP contribution is 2.19. The first-order chi connectivity index (χ1) is 9.46. The molecule has 6 heteroatoms. The van der Waals surface area contributed by atoms with Crippen LogP contribution in [0, 0.1) is 0 Å². The molecule has 1 saturated carbocycles. The summed E-state index contributed by atoms with van der Waals surface area (Å²) in [6.07, 6.45) is 4.12. The van der Waals surface area contributed by atoms with Crippen LogP contribution in [0.1, 0.15) is 31.2 Å². The fourth-order valence-electron chi connectivity index (χ4n) is 2.24. The largest absolute Gasteiger partial charge is 0.391 e. The van der Waals surface area contributed by atoms with Crippen molar-refractivity contribution in [3.05, 3.63) is 40.3 Å². The third-order valence-corrected chi connectivity index (χ3v) is 4.73. The number of benzene rings is 1. The van der Waals surface area contributed by atoms with E-state index in [1.807, 2.05) is 0 Å². The minimum Gasteiger partial charge on any atom is -0.391 e. The first-order valence-corrected chi connectivity index (χ1v) is 8.53. The van der Waals surface area contributed by atoms with Crippen LogP contribution in [0.4, 0.5) is 0 Å². The van der Waals surface area contributed by atoms with Gasteiger partial charge in [-0.3, -0.25) is 0 Å². The van der Waals surface area contributed by atoms with Crippen molar-refractivity contribution in [3.63, 3.8) is 0 Å². The Labute approximate surface area is 124 Å². The van der Waals surface area contributed by atoms with Crippen molar-refractivity contribution in [1.82, 2.24) is 4.72 Å². The number of nitrogens with one attached hydrogen (secondary N) is 1. The van der Waals surface area contributed by atoms with E-state index in [1.54, 1.807) is 24.3 Å². The van der Waals surface area contributed by atoms with Crippen LogP contribution in [0.3, 0.4) is 0 Å². The zero-order valence-electron chi connectivity index (χ0n) is 11.0. The molecule has 0 aliphatic heterocycles. The maximum atomic E-state index is 11.9. The molecule has 0 aromatic heterocycles. The number of hydrogen-bond donors (Lipinski definition) is 2. The molecule has 20 heavy (non-hydrogen) atoms. The van der Waals surface area contributed by atoms with Crippen molar-refractivity contribution in [2.45, 2.75) is 37.8 Å². The number of halogens is 1. The van der Waals surface area contributed by atoms with Gasteiger partial charge in [0.15, 0.2) is 0 Å². The van der Waals surface area contributed by atoms with E-state index in [0.29, 0.717) is 17.9 Å². The van der Waals surface area contributed by atoms with Gasteiger partial charge >= 0.3 is 0 Å². The van der Waals surface area contributed by atoms with Crippen molar-refractivity contribution in [1.29, 1.82) is 0 Å². The van der Waals surface area contributed by atoms with Gasteiger partial charge in [-0.25, -0.2) is 13.1 Å². The minimum absolute atomic E-state index is 0.386. The Morgan fingerprint density at radius 2 is 1.85 bits per heavy atom. The van der Waals surface area contributed by atoms with Gasteiger partial charge in [0.2, 0.25) is 10.0 Å². The fraction of sp³-hybridized carbons (Fsp3) is 0.429. The summed E-state index contributed by atoms with van der Waals surface area (Å²) < 4.78 is 26.4. The number of hydrogen-bond acceptors (Lipinski definition) is 3. The molecule has 2 N–H and O–H groups in total. The second-order valence-corrected chi connectivity index (χ2v) is 7.01. The molecule has 110 valence electrons. The van der Waals surface area contributed by atoms with Crippen LogP contribution in [0.25, 0.3) is 6.08 Å². The summed E-state index contributed by atoms with van der Waals surface area (Å²) in [5.74, 6) is 0. The van der Waals surface area contributed by atoms with Crippen LogP contribution in [-0.2, 0) is 10.0 Å². The highest BCUT2D eigenvalue weighted by molar-refractivity contribution is 7.92. The zero-order chi connectivity index (χ0) is 14.6. The molecule has 2 atom stereocenters. The van der Waals surface area contributed by atoms with Gasteiger partial charge in [0.25, 0.3) is 0 Å². The normalized spacial score (nSPS) is 24.1. The molecule has 0 amide bonds. The quantitative estimate of drug-likeness (QED) is 0.897. The zero-order valence-corrected chi connectivity index (χ0v) is 12.6. The highest BCUT2D eigenvalue weighted by atomic mass is 35.5. The molecule has 2 rings (SSSR count). The van der Waals surface area contributed by atoms with E-state index in [9.17, 15) is 13.5 Å². The molecule has 0 heterocycles. The molecule has 0 radical (unpaired) electrons. The van der Waals surface area contributed by atoms with E-state index >= 15 is 0 Å². The average Bonchev–Trinajstić information content (AvgIpc) is 2.41. The Kier molecular flexibility index (Phi) is 5.21. The lowest BCUT2D eigenvalue weighted by molar-refractivity contribution is 0.101. The van der Waals surface area contributed by atoms with Crippen molar-refractivity contribution in [2.75, 3.05) is 0 Å². The van der Waals surface area contributed by atoms with E-state index < -0.39 is 16.1 Å². The van der Waals surface area contributed by atoms with Gasteiger partial charge < -0.3 is 5.11 Å². The Morgan fingerprint density at radius 3 is 2.50 bits per heavy atom. The van der Waals surface area contributed by atoms with Gasteiger partial charge in [-0.15, -0.1) is 0 Å². The molecule has 0 saturated heterocycles. The average molecular weight is 316 g/mol. The van der Waals surface area contributed by atoms with Crippen molar-refractivity contribution >= 4 is 27.7 Å². The third kappa shape index (κ3) is 4.59. The van der Waals surface area contributed by atoms with Gasteiger partial charge in [-0.1, -0.05) is 36.6 Å². The predicted octanol–water partition coefficient (Wildman–Crippen LogP) is 2.53. The standard InChI is InChI=1S/C14H18ClNO3S/c15-12-7-5-11(6-8-12)9-10-20(18,19)16-13-3-1-2-4-14(13)17/h5-10,13-14,16-17H,1-4H2/b10-9+. The van der Waals surface area contributed by atoms with E-state index in [-0.39, 0.29) is 6.04 Å². The molecule has 1 aliphatic carbocycles. The number of rotatable bonds is 4. The van der Waals surface area contributed by atoms with Crippen molar-refractivity contribution in [2.24, 2.45) is 0 Å². The van der Waals surface area contributed by atoms with Crippen LogP contribution in [0.15, 0.2) is 29.7 Å². The highest BCUT2D eigenvalue weighted by Gasteiger charge is 2.26. The van der Waals surface area contributed by atoms with E-state index in [2.05, 4.69) is 4.72 Å². The monoisotopic (exact) mass is 315 g/mol. The van der Waals surface area contributed by atoms with E-state index in [0.717, 1.165) is 23.8 Å². The summed E-state index contributed by atoms with van der Waals surface area (Å²) in [6, 6.07) is 6.50. The third-order valence-electron chi connectivity index (χ3n) is 3.35. The SMILES string of the molecule is O=S(=O)(/C=C/c1ccc(Cl)cc1)NC1CCCCC1O. The fourth-order valence-corrected chi connectivity index (χ4v) is 3.48. The molecule has 0 spiro atoms. The van der Waals surface area contributed by atoms with Crippen LogP contribution < -0.4 is 4.72 Å². The van der Waals surface area contributed by atoms with Gasteiger partial charge in [0, 0.05) is 16.5 Å². The molecule has 1 aromatic carbocycles. The Morgan fingerprint density at radius 1 is 1.20 bits per heavy atom. The molecule has 4 nitrogen and oxygen atoms in total. The molecule has 1 fully saturated rings. The summed E-state index contributed by atoms with van der Waals surface area (Å²) in [5, 5.41) is 11.5. The lowest BCUT2D eigenvalue weighted by atomic mass is 9.93. The molecule has 2 unspecified atom stereocenters. The minimum atomic E-state index is -3.55. The number of sulfonamides is 1. The van der Waals surface area contributed by atoms with Crippen LogP contribution in [0.2, 0.25) is 5.02 Å². The van der Waals surface area contributed by atoms with Crippen LogP contribution in [0.5, 0.6) is 0 Å². The summed E-state index contributed by atoms with van der Waals surface area (Å²) >= 11 is 5.76. The molecular formula is C14H18ClNO3S. The van der Waals surface area contributed by atoms with Crippen molar-refractivity contribution in [3.8, 4) is 0 Å². The molecule has 0 bridgehead atoms. The summed E-state index contributed by atoms with van der Waals surface area (Å²) in [6.45, 7) is 0. The predicted molar refractivity (Wildman–Crippen MR) is 80.8 cm³/mol. The lowest BCUT2D eigenvalue weighted by Gasteiger charge is -2.27. The maximum Gasteiger partial charge on any atom is 0.234 e. The Hall–Kier alpha value is -0.880. The Balaban J connectivity index is 2.01. The second-order valence-electron chi connectivity index (χ2n) is 4.98. The van der Waals surface area contributed by atoms with Crippen LogP contribution in [-0.4, -0.2) is 25.7 Å². The number of aliphatic hydroxyl groups is 1. The van der Waals surface area contributed by atoms with E-state index in [1.165, 1.54) is 6.08 Å². The first-order valence-electron chi connectivity index (χ1n) is 6.60. The summed E-state index contributed by atoms with van der Waals surface area (Å²) in [4.78, 5) is 0. The molecular weight excluding hydrogens is 298 g/mol.